The molecule has 2 aromatic carbocycles. The van der Waals surface area contributed by atoms with Crippen LogP contribution in [0.15, 0.2) is 79.3 Å². The molecule has 28 heavy (non-hydrogen) atoms. The van der Waals surface area contributed by atoms with Crippen molar-refractivity contribution < 1.29 is 5.11 Å². The quantitative estimate of drug-likeness (QED) is 0.661. The Labute approximate surface area is 165 Å². The summed E-state index contributed by atoms with van der Waals surface area (Å²) in [5.74, 6) is 1.19. The molecular formula is C23H24N4O. The minimum atomic E-state index is 0.365. The topological polar surface area (TPSA) is 51.6 Å². The Morgan fingerprint density at radius 3 is 2.64 bits per heavy atom. The van der Waals surface area contributed by atoms with Gasteiger partial charge in [-0.05, 0) is 42.7 Å². The Kier molecular flexibility index (Phi) is 5.15. The van der Waals surface area contributed by atoms with Crippen LogP contribution in [0.4, 0.5) is 17.2 Å². The fraction of sp³-hybridized carbons (Fsp3) is 0.174. The van der Waals surface area contributed by atoms with Crippen LogP contribution in [0.2, 0.25) is 0 Å². The molecule has 3 aromatic rings. The van der Waals surface area contributed by atoms with E-state index in [1.165, 1.54) is 0 Å². The molecule has 0 bridgehead atoms. The molecule has 0 saturated carbocycles. The van der Waals surface area contributed by atoms with Crippen LogP contribution >= 0.6 is 0 Å². The van der Waals surface area contributed by atoms with E-state index >= 15 is 0 Å². The maximum absolute atomic E-state index is 9.94. The van der Waals surface area contributed by atoms with Crippen LogP contribution in [0.25, 0.3) is 0 Å². The molecular weight excluding hydrogens is 348 g/mol. The minimum Gasteiger partial charge on any atom is -0.508 e. The van der Waals surface area contributed by atoms with Gasteiger partial charge in [-0.25, -0.2) is 4.98 Å². The van der Waals surface area contributed by atoms with Crippen molar-refractivity contribution in [2.75, 3.05) is 23.4 Å². The summed E-state index contributed by atoms with van der Waals surface area (Å²) in [5.41, 5.74) is 4.26. The van der Waals surface area contributed by atoms with Crippen molar-refractivity contribution >= 4 is 17.2 Å². The fourth-order valence-corrected chi connectivity index (χ4v) is 3.31. The van der Waals surface area contributed by atoms with E-state index in [9.17, 15) is 5.11 Å². The highest BCUT2D eigenvalue weighted by Crippen LogP contribution is 2.27. The lowest BCUT2D eigenvalue weighted by Crippen LogP contribution is -2.27. The Balaban J connectivity index is 1.41. The molecule has 1 aromatic heterocycles. The molecule has 0 aliphatic carbocycles. The van der Waals surface area contributed by atoms with Crippen LogP contribution in [0.5, 0.6) is 5.75 Å². The number of anilines is 3. The van der Waals surface area contributed by atoms with Crippen molar-refractivity contribution in [3.05, 3.63) is 90.4 Å². The molecule has 0 amide bonds. The summed E-state index contributed by atoms with van der Waals surface area (Å²) in [4.78, 5) is 8.97. The largest absolute Gasteiger partial charge is 0.508 e. The van der Waals surface area contributed by atoms with Gasteiger partial charge in [0.1, 0.15) is 11.6 Å². The van der Waals surface area contributed by atoms with Crippen LogP contribution < -0.4 is 10.2 Å². The van der Waals surface area contributed by atoms with Crippen LogP contribution in [-0.4, -0.2) is 28.2 Å². The summed E-state index contributed by atoms with van der Waals surface area (Å²) in [7, 11) is 0. The van der Waals surface area contributed by atoms with E-state index in [-0.39, 0.29) is 0 Å². The molecule has 4 rings (SSSR count). The molecule has 0 saturated heterocycles. The Hall–Kier alpha value is -3.47. The molecule has 0 unspecified atom stereocenters. The number of aromatic hydroxyl groups is 1. The molecule has 0 radical (unpaired) electrons. The second-order valence-electron chi connectivity index (χ2n) is 6.95. The second-order valence-corrected chi connectivity index (χ2v) is 6.95. The van der Waals surface area contributed by atoms with Crippen molar-refractivity contribution in [2.45, 2.75) is 13.3 Å². The van der Waals surface area contributed by atoms with Crippen molar-refractivity contribution in [1.29, 1.82) is 0 Å². The molecule has 0 fully saturated rings. The van der Waals surface area contributed by atoms with Gasteiger partial charge in [0.2, 0.25) is 0 Å². The predicted octanol–water partition coefficient (Wildman–Crippen LogP) is 4.63. The Morgan fingerprint density at radius 2 is 1.82 bits per heavy atom. The summed E-state index contributed by atoms with van der Waals surface area (Å²) in [5, 5.41) is 13.3. The van der Waals surface area contributed by atoms with Gasteiger partial charge in [0, 0.05) is 36.9 Å². The first-order chi connectivity index (χ1) is 13.7. The maximum atomic E-state index is 9.94. The normalized spacial score (nSPS) is 13.2. The number of hydrogen-bond donors (Lipinski definition) is 2. The molecule has 2 N–H and O–H groups in total. The van der Waals surface area contributed by atoms with Crippen molar-refractivity contribution in [2.24, 2.45) is 0 Å². The average Bonchev–Trinajstić information content (AvgIpc) is 3.18. The van der Waals surface area contributed by atoms with E-state index in [0.29, 0.717) is 5.75 Å². The third-order valence-electron chi connectivity index (χ3n) is 4.88. The van der Waals surface area contributed by atoms with Gasteiger partial charge in [-0.1, -0.05) is 36.4 Å². The minimum absolute atomic E-state index is 0.365. The molecule has 1 aliphatic rings. The smallest absolute Gasteiger partial charge is 0.132 e. The lowest BCUT2D eigenvalue weighted by atomic mass is 10.1. The molecule has 0 spiro atoms. The van der Waals surface area contributed by atoms with Crippen molar-refractivity contribution in [3.8, 4) is 5.75 Å². The van der Waals surface area contributed by atoms with E-state index in [0.717, 1.165) is 48.0 Å². The van der Waals surface area contributed by atoms with Gasteiger partial charge in [-0.3, -0.25) is 0 Å². The number of phenolic OH excluding ortho intramolecular Hbond substituents is 1. The van der Waals surface area contributed by atoms with Gasteiger partial charge >= 0.3 is 0 Å². The number of hydrogen-bond acceptors (Lipinski definition) is 5. The van der Waals surface area contributed by atoms with Crippen molar-refractivity contribution in [1.82, 2.24) is 9.88 Å². The van der Waals surface area contributed by atoms with E-state index in [4.69, 9.17) is 0 Å². The molecule has 5 nitrogen and oxygen atoms in total. The summed E-state index contributed by atoms with van der Waals surface area (Å²) < 4.78 is 0. The van der Waals surface area contributed by atoms with Crippen LogP contribution in [0.1, 0.15) is 11.1 Å². The lowest BCUT2D eigenvalue weighted by molar-refractivity contribution is 0.404. The maximum Gasteiger partial charge on any atom is 0.132 e. The first-order valence-corrected chi connectivity index (χ1v) is 9.44. The van der Waals surface area contributed by atoms with Gasteiger partial charge in [-0.2, -0.15) is 0 Å². The number of nitrogens with zero attached hydrogens (tertiary/aromatic N) is 3. The zero-order valence-corrected chi connectivity index (χ0v) is 15.9. The fourth-order valence-electron chi connectivity index (χ4n) is 3.31. The number of rotatable bonds is 6. The highest BCUT2D eigenvalue weighted by atomic mass is 16.3. The SMILES string of the molecule is Cc1cnc(Nc2ccccc2)cc1N1C=CN(CCc2ccccc2O)C1. The first-order valence-electron chi connectivity index (χ1n) is 9.44. The summed E-state index contributed by atoms with van der Waals surface area (Å²) in [6.45, 7) is 3.71. The molecule has 1 aliphatic heterocycles. The van der Waals surface area contributed by atoms with Crippen LogP contribution in [0.3, 0.4) is 0 Å². The molecule has 142 valence electrons. The predicted molar refractivity (Wildman–Crippen MR) is 114 cm³/mol. The standard InChI is InChI=1S/C23H24N4O/c1-18-16-24-23(25-20-8-3-2-4-9-20)15-21(18)27-14-13-26(17-27)12-11-19-7-5-6-10-22(19)28/h2-10,13-16,28H,11-12,17H2,1H3,(H,24,25). The summed E-state index contributed by atoms with van der Waals surface area (Å²) >= 11 is 0. The zero-order chi connectivity index (χ0) is 19.3. The number of aryl methyl sites for hydroxylation is 1. The third kappa shape index (κ3) is 4.09. The molecule has 2 heterocycles. The van der Waals surface area contributed by atoms with E-state index in [1.54, 1.807) is 6.07 Å². The van der Waals surface area contributed by atoms with Crippen LogP contribution in [0, 0.1) is 6.92 Å². The van der Waals surface area contributed by atoms with Gasteiger partial charge < -0.3 is 20.2 Å². The number of pyridine rings is 1. The lowest BCUT2D eigenvalue weighted by Gasteiger charge is -2.23. The summed E-state index contributed by atoms with van der Waals surface area (Å²) in [6.07, 6.45) is 6.91. The van der Waals surface area contributed by atoms with Gasteiger partial charge in [0.15, 0.2) is 0 Å². The number of benzene rings is 2. The number of para-hydroxylation sites is 2. The van der Waals surface area contributed by atoms with Gasteiger partial charge in [0.05, 0.1) is 12.4 Å². The number of phenols is 1. The molecule has 0 atom stereocenters. The highest BCUT2D eigenvalue weighted by molar-refractivity contribution is 5.65. The highest BCUT2D eigenvalue weighted by Gasteiger charge is 2.17. The molecule has 5 heteroatoms. The average molecular weight is 372 g/mol. The number of aromatic nitrogens is 1. The Morgan fingerprint density at radius 1 is 1.04 bits per heavy atom. The second kappa shape index (κ2) is 8.05. The van der Waals surface area contributed by atoms with Crippen LogP contribution in [-0.2, 0) is 6.42 Å². The van der Waals surface area contributed by atoms with Gasteiger partial charge in [0.25, 0.3) is 0 Å². The first kappa shape index (κ1) is 17.9. The Bertz CT molecular complexity index is 971. The summed E-state index contributed by atoms with van der Waals surface area (Å²) in [6, 6.07) is 19.7. The van der Waals surface area contributed by atoms with Gasteiger partial charge in [-0.15, -0.1) is 0 Å². The van der Waals surface area contributed by atoms with E-state index < -0.39 is 0 Å². The van der Waals surface area contributed by atoms with E-state index in [2.05, 4.69) is 45.5 Å². The zero-order valence-electron chi connectivity index (χ0n) is 15.9. The van der Waals surface area contributed by atoms with Crippen molar-refractivity contribution in [3.63, 3.8) is 0 Å². The van der Waals surface area contributed by atoms with E-state index in [1.807, 2.05) is 54.7 Å². The monoisotopic (exact) mass is 372 g/mol. The number of nitrogens with one attached hydrogen (secondary N) is 1. The third-order valence-corrected chi connectivity index (χ3v) is 4.88.